The number of aromatic amines is 1. The van der Waals surface area contributed by atoms with E-state index in [1.54, 1.807) is 6.07 Å². The molecule has 0 amide bonds. The van der Waals surface area contributed by atoms with Gasteiger partial charge in [0.15, 0.2) is 0 Å². The predicted molar refractivity (Wildman–Crippen MR) is 79.1 cm³/mol. The van der Waals surface area contributed by atoms with Gasteiger partial charge in [0.1, 0.15) is 5.82 Å². The molecule has 2 rings (SSSR count). The number of non-ortho nitro benzene ring substituents is 1. The highest BCUT2D eigenvalue weighted by Crippen LogP contribution is 2.24. The predicted octanol–water partition coefficient (Wildman–Crippen LogP) is 1.76. The Morgan fingerprint density at radius 1 is 1.38 bits per heavy atom. The quantitative estimate of drug-likeness (QED) is 0.645. The highest BCUT2D eigenvalue weighted by Gasteiger charge is 2.12. The number of nitrogens with zero attached hydrogens (tertiary/aromatic N) is 2. The number of nitro benzene ring substituents is 1. The Kier molecular flexibility index (Phi) is 4.44. The van der Waals surface area contributed by atoms with Crippen molar-refractivity contribution in [1.29, 1.82) is 0 Å². The number of hydrogen-bond donors (Lipinski definition) is 2. The molecule has 0 aliphatic rings. The van der Waals surface area contributed by atoms with E-state index in [9.17, 15) is 14.9 Å². The molecule has 0 saturated carbocycles. The third-order valence-corrected chi connectivity index (χ3v) is 3.04. The first-order chi connectivity index (χ1) is 10.0. The molecule has 1 heterocycles. The monoisotopic (exact) mass is 288 g/mol. The third-order valence-electron chi connectivity index (χ3n) is 3.04. The van der Waals surface area contributed by atoms with Gasteiger partial charge in [-0.2, -0.15) is 0 Å². The normalized spacial score (nSPS) is 10.6. The molecule has 0 bridgehead atoms. The molecular formula is C14H16N4O3. The molecule has 0 fully saturated rings. The summed E-state index contributed by atoms with van der Waals surface area (Å²) in [6, 6.07) is 5.91. The Labute approximate surface area is 121 Å². The van der Waals surface area contributed by atoms with E-state index in [-0.39, 0.29) is 11.2 Å². The number of aromatic nitrogens is 2. The lowest BCUT2D eigenvalue weighted by atomic mass is 10.1. The maximum Gasteiger partial charge on any atom is 0.270 e. The summed E-state index contributed by atoms with van der Waals surface area (Å²) in [4.78, 5) is 29.1. The maximum absolute atomic E-state index is 11.7. The van der Waals surface area contributed by atoms with Crippen molar-refractivity contribution in [3.63, 3.8) is 0 Å². The van der Waals surface area contributed by atoms with Crippen molar-refractivity contribution in [3.05, 3.63) is 56.0 Å². The number of H-pyrrole nitrogens is 1. The fourth-order valence-electron chi connectivity index (χ4n) is 1.96. The van der Waals surface area contributed by atoms with E-state index in [1.807, 2.05) is 13.8 Å². The summed E-state index contributed by atoms with van der Waals surface area (Å²) in [7, 11) is 0. The molecule has 2 aromatic rings. The summed E-state index contributed by atoms with van der Waals surface area (Å²) in [5, 5.41) is 14.0. The van der Waals surface area contributed by atoms with Crippen molar-refractivity contribution in [2.24, 2.45) is 0 Å². The Hall–Kier alpha value is -2.54. The number of hydrogen-bond acceptors (Lipinski definition) is 5. The third kappa shape index (κ3) is 3.51. The maximum atomic E-state index is 11.7. The molecule has 0 spiro atoms. The Balaban J connectivity index is 2.50. The molecule has 1 aromatic heterocycles. The molecule has 0 atom stereocenters. The van der Waals surface area contributed by atoms with Gasteiger partial charge in [0.05, 0.1) is 10.6 Å². The number of nitrogens with one attached hydrogen (secondary N) is 2. The zero-order valence-electron chi connectivity index (χ0n) is 11.8. The Bertz CT molecular complexity index is 724. The van der Waals surface area contributed by atoms with Crippen LogP contribution in [0, 0.1) is 17.0 Å². The van der Waals surface area contributed by atoms with E-state index in [0.717, 1.165) is 12.1 Å². The molecule has 110 valence electrons. The van der Waals surface area contributed by atoms with Crippen molar-refractivity contribution < 1.29 is 4.92 Å². The van der Waals surface area contributed by atoms with Gasteiger partial charge >= 0.3 is 0 Å². The van der Waals surface area contributed by atoms with E-state index in [2.05, 4.69) is 15.3 Å². The van der Waals surface area contributed by atoms with E-state index in [4.69, 9.17) is 0 Å². The second kappa shape index (κ2) is 6.27. The van der Waals surface area contributed by atoms with Crippen LogP contribution in [-0.2, 0) is 6.54 Å². The number of benzene rings is 1. The van der Waals surface area contributed by atoms with Gasteiger partial charge in [0.2, 0.25) is 0 Å². The SMILES string of the molecule is CCNCc1cc(=O)[nH]c(-c2cc([N+](=O)[O-])ccc2C)n1. The number of aryl methyl sites for hydroxylation is 1. The van der Waals surface area contributed by atoms with Crippen LogP contribution in [0.3, 0.4) is 0 Å². The van der Waals surface area contributed by atoms with Crippen LogP contribution in [0.1, 0.15) is 18.2 Å². The van der Waals surface area contributed by atoms with E-state index < -0.39 is 4.92 Å². The number of nitro groups is 1. The van der Waals surface area contributed by atoms with Crippen LogP contribution < -0.4 is 10.9 Å². The van der Waals surface area contributed by atoms with Gasteiger partial charge in [-0.05, 0) is 19.0 Å². The van der Waals surface area contributed by atoms with Gasteiger partial charge in [0.25, 0.3) is 11.2 Å². The van der Waals surface area contributed by atoms with Crippen LogP contribution in [0.25, 0.3) is 11.4 Å². The van der Waals surface area contributed by atoms with Gasteiger partial charge in [-0.15, -0.1) is 0 Å². The minimum Gasteiger partial charge on any atom is -0.311 e. The van der Waals surface area contributed by atoms with Gasteiger partial charge in [-0.25, -0.2) is 4.98 Å². The zero-order valence-corrected chi connectivity index (χ0v) is 11.8. The van der Waals surface area contributed by atoms with Crippen molar-refractivity contribution in [3.8, 4) is 11.4 Å². The lowest BCUT2D eigenvalue weighted by molar-refractivity contribution is -0.384. The Morgan fingerprint density at radius 3 is 2.81 bits per heavy atom. The standard InChI is InChI=1S/C14H16N4O3/c1-3-15-8-10-6-13(19)17-14(16-10)12-7-11(18(20)21)5-4-9(12)2/h4-7,15H,3,8H2,1-2H3,(H,16,17,19). The summed E-state index contributed by atoms with van der Waals surface area (Å²) in [5.41, 5.74) is 1.65. The first-order valence-corrected chi connectivity index (χ1v) is 6.57. The summed E-state index contributed by atoms with van der Waals surface area (Å²) in [6.07, 6.45) is 0. The van der Waals surface area contributed by atoms with Gasteiger partial charge in [0, 0.05) is 30.3 Å². The molecule has 21 heavy (non-hydrogen) atoms. The lowest BCUT2D eigenvalue weighted by Gasteiger charge is -2.07. The summed E-state index contributed by atoms with van der Waals surface area (Å²) in [5.74, 6) is 0.344. The van der Waals surface area contributed by atoms with Crippen molar-refractivity contribution in [2.45, 2.75) is 20.4 Å². The molecule has 0 aliphatic carbocycles. The second-order valence-corrected chi connectivity index (χ2v) is 4.62. The molecule has 2 N–H and O–H groups in total. The van der Waals surface area contributed by atoms with Crippen molar-refractivity contribution in [2.75, 3.05) is 6.54 Å². The fourth-order valence-corrected chi connectivity index (χ4v) is 1.96. The highest BCUT2D eigenvalue weighted by atomic mass is 16.6. The molecule has 1 aromatic carbocycles. The van der Waals surface area contributed by atoms with Crippen molar-refractivity contribution in [1.82, 2.24) is 15.3 Å². The topological polar surface area (TPSA) is 101 Å². The molecule has 0 saturated heterocycles. The summed E-state index contributed by atoms with van der Waals surface area (Å²) in [6.45, 7) is 5.01. The van der Waals surface area contributed by atoms with E-state index in [0.29, 0.717) is 23.6 Å². The van der Waals surface area contributed by atoms with E-state index in [1.165, 1.54) is 18.2 Å². The average Bonchev–Trinajstić information content (AvgIpc) is 2.44. The highest BCUT2D eigenvalue weighted by molar-refractivity contribution is 5.63. The van der Waals surface area contributed by atoms with Crippen LogP contribution in [-0.4, -0.2) is 21.4 Å². The minimum atomic E-state index is -0.469. The van der Waals surface area contributed by atoms with Crippen LogP contribution in [0.5, 0.6) is 0 Å². The first kappa shape index (κ1) is 14.9. The molecule has 0 radical (unpaired) electrons. The smallest absolute Gasteiger partial charge is 0.270 e. The largest absolute Gasteiger partial charge is 0.311 e. The Morgan fingerprint density at radius 2 is 2.14 bits per heavy atom. The molecule has 0 unspecified atom stereocenters. The molecular weight excluding hydrogens is 272 g/mol. The zero-order chi connectivity index (χ0) is 15.4. The van der Waals surface area contributed by atoms with Crippen LogP contribution in [0.2, 0.25) is 0 Å². The number of rotatable bonds is 5. The fraction of sp³-hybridized carbons (Fsp3) is 0.286. The molecule has 0 aliphatic heterocycles. The van der Waals surface area contributed by atoms with Crippen LogP contribution >= 0.6 is 0 Å². The van der Waals surface area contributed by atoms with Crippen LogP contribution in [0.15, 0.2) is 29.1 Å². The second-order valence-electron chi connectivity index (χ2n) is 4.62. The van der Waals surface area contributed by atoms with Crippen LogP contribution in [0.4, 0.5) is 5.69 Å². The first-order valence-electron chi connectivity index (χ1n) is 6.57. The molecule has 7 heteroatoms. The van der Waals surface area contributed by atoms with Gasteiger partial charge in [-0.1, -0.05) is 13.0 Å². The van der Waals surface area contributed by atoms with Gasteiger partial charge < -0.3 is 10.3 Å². The average molecular weight is 288 g/mol. The summed E-state index contributed by atoms with van der Waals surface area (Å²) >= 11 is 0. The van der Waals surface area contributed by atoms with E-state index >= 15 is 0 Å². The lowest BCUT2D eigenvalue weighted by Crippen LogP contribution is -2.17. The summed E-state index contributed by atoms with van der Waals surface area (Å²) < 4.78 is 0. The minimum absolute atomic E-state index is 0.0321. The van der Waals surface area contributed by atoms with Crippen molar-refractivity contribution >= 4 is 5.69 Å². The molecule has 7 nitrogen and oxygen atoms in total. The van der Waals surface area contributed by atoms with Gasteiger partial charge in [-0.3, -0.25) is 14.9 Å².